The van der Waals surface area contributed by atoms with Gasteiger partial charge in [0.2, 0.25) is 0 Å². The van der Waals surface area contributed by atoms with Crippen molar-refractivity contribution in [1.82, 2.24) is 15.0 Å². The third-order valence-corrected chi connectivity index (χ3v) is 9.44. The predicted octanol–water partition coefficient (Wildman–Crippen LogP) is 3.38. The zero-order valence-corrected chi connectivity index (χ0v) is 21.2. The molecule has 0 aliphatic carbocycles. The lowest BCUT2D eigenvalue weighted by Gasteiger charge is -2.42. The van der Waals surface area contributed by atoms with Crippen LogP contribution < -0.4 is 9.80 Å². The third kappa shape index (κ3) is 4.26. The Kier molecular flexibility index (Phi) is 6.92. The van der Waals surface area contributed by atoms with Crippen molar-refractivity contribution in [3.8, 4) is 0 Å². The smallest absolute Gasteiger partial charge is 0.152 e. The number of hydrogen-bond acceptors (Lipinski definition) is 9. The number of piperidine rings is 1. The Morgan fingerprint density at radius 3 is 2.59 bits per heavy atom. The second kappa shape index (κ2) is 9.78. The minimum atomic E-state index is -0.170. The lowest BCUT2D eigenvalue weighted by Crippen LogP contribution is -2.50. The number of aliphatic hydroxyl groups excluding tert-OH is 2. The molecule has 2 aromatic heterocycles. The van der Waals surface area contributed by atoms with Crippen molar-refractivity contribution in [2.45, 2.75) is 61.8 Å². The molecule has 0 bridgehead atoms. The first-order valence-electron chi connectivity index (χ1n) is 12.0. The van der Waals surface area contributed by atoms with E-state index in [1.165, 1.54) is 11.8 Å². The van der Waals surface area contributed by atoms with E-state index in [1.807, 2.05) is 11.0 Å². The number of pyridine rings is 1. The summed E-state index contributed by atoms with van der Waals surface area (Å²) >= 11 is 8.08. The summed E-state index contributed by atoms with van der Waals surface area (Å²) < 4.78 is 5.95. The van der Waals surface area contributed by atoms with E-state index < -0.39 is 0 Å². The van der Waals surface area contributed by atoms with Crippen LogP contribution in [0.5, 0.6) is 0 Å². The van der Waals surface area contributed by atoms with Crippen LogP contribution in [0.3, 0.4) is 0 Å². The van der Waals surface area contributed by atoms with Crippen LogP contribution in [0.15, 0.2) is 28.4 Å². The first-order valence-corrected chi connectivity index (χ1v) is 13.2. The van der Waals surface area contributed by atoms with Gasteiger partial charge in [0.05, 0.1) is 43.2 Å². The van der Waals surface area contributed by atoms with Gasteiger partial charge in [0, 0.05) is 36.1 Å². The van der Waals surface area contributed by atoms with E-state index in [0.29, 0.717) is 33.6 Å². The molecule has 1 spiro atoms. The molecule has 3 atom stereocenters. The maximum atomic E-state index is 10.1. The number of halogens is 1. The molecular weight excluding hydrogens is 474 g/mol. The highest BCUT2D eigenvalue weighted by Gasteiger charge is 2.47. The van der Waals surface area contributed by atoms with E-state index in [4.69, 9.17) is 26.3 Å². The summed E-state index contributed by atoms with van der Waals surface area (Å²) in [7, 11) is 0. The quantitative estimate of drug-likeness (QED) is 0.612. The highest BCUT2D eigenvalue weighted by Crippen LogP contribution is 2.47. The number of hydrogen-bond donors (Lipinski definition) is 2. The van der Waals surface area contributed by atoms with Crippen molar-refractivity contribution >= 4 is 35.0 Å². The van der Waals surface area contributed by atoms with Gasteiger partial charge in [0.1, 0.15) is 16.5 Å². The molecule has 0 saturated carbocycles. The summed E-state index contributed by atoms with van der Waals surface area (Å²) in [6.45, 7) is 7.83. The van der Waals surface area contributed by atoms with E-state index in [0.717, 1.165) is 56.2 Å². The van der Waals surface area contributed by atoms with Gasteiger partial charge in [-0.3, -0.25) is 0 Å². The van der Waals surface area contributed by atoms with Crippen molar-refractivity contribution in [2.24, 2.45) is 11.3 Å². The van der Waals surface area contributed by atoms with Gasteiger partial charge in [-0.25, -0.2) is 15.0 Å². The molecule has 3 saturated heterocycles. The van der Waals surface area contributed by atoms with E-state index >= 15 is 0 Å². The van der Waals surface area contributed by atoms with Crippen molar-refractivity contribution in [2.75, 3.05) is 42.6 Å². The number of nitrogens with zero attached hydrogens (tertiary/aromatic N) is 5. The highest BCUT2D eigenvalue weighted by atomic mass is 35.5. The number of aromatic nitrogens is 3. The molecular formula is C24H32ClN5O3S. The molecule has 3 fully saturated rings. The molecule has 8 nitrogen and oxygen atoms in total. The number of ether oxygens (including phenoxy) is 1. The summed E-state index contributed by atoms with van der Waals surface area (Å²) in [5.74, 6) is 2.00. The highest BCUT2D eigenvalue weighted by molar-refractivity contribution is 7.99. The van der Waals surface area contributed by atoms with Crippen LogP contribution in [-0.4, -0.2) is 70.2 Å². The summed E-state index contributed by atoms with van der Waals surface area (Å²) in [5.41, 5.74) is 0.832. The van der Waals surface area contributed by atoms with E-state index in [1.54, 1.807) is 12.4 Å². The Morgan fingerprint density at radius 2 is 1.97 bits per heavy atom. The van der Waals surface area contributed by atoms with E-state index in [9.17, 15) is 10.2 Å². The minimum absolute atomic E-state index is 0.0657. The average Bonchev–Trinajstić information content (AvgIpc) is 3.10. The van der Waals surface area contributed by atoms with Gasteiger partial charge in [0.25, 0.3) is 0 Å². The molecule has 5 heterocycles. The first kappa shape index (κ1) is 24.1. The zero-order chi connectivity index (χ0) is 23.9. The molecule has 34 heavy (non-hydrogen) atoms. The fraction of sp³-hybridized carbons (Fsp3) is 0.625. The molecule has 184 valence electrons. The van der Waals surface area contributed by atoms with E-state index in [-0.39, 0.29) is 24.7 Å². The minimum Gasteiger partial charge on any atom is -0.394 e. The van der Waals surface area contributed by atoms with E-state index in [2.05, 4.69) is 23.7 Å². The molecule has 2 N–H and O–H groups in total. The fourth-order valence-corrected chi connectivity index (χ4v) is 6.51. The van der Waals surface area contributed by atoms with Gasteiger partial charge in [-0.1, -0.05) is 30.3 Å². The number of rotatable bonds is 6. The molecule has 2 aromatic rings. The average molecular weight is 506 g/mol. The zero-order valence-electron chi connectivity index (χ0n) is 19.7. The summed E-state index contributed by atoms with van der Waals surface area (Å²) in [5, 5.41) is 20.8. The predicted molar refractivity (Wildman–Crippen MR) is 133 cm³/mol. The summed E-state index contributed by atoms with van der Waals surface area (Å²) in [4.78, 5) is 18.9. The Balaban J connectivity index is 1.31. The van der Waals surface area contributed by atoms with Crippen LogP contribution in [0.1, 0.15) is 38.8 Å². The molecule has 3 aliphatic heterocycles. The van der Waals surface area contributed by atoms with Crippen LogP contribution in [-0.2, 0) is 11.3 Å². The monoisotopic (exact) mass is 505 g/mol. The van der Waals surface area contributed by atoms with Crippen molar-refractivity contribution < 1.29 is 14.9 Å². The third-order valence-electron chi connectivity index (χ3n) is 7.99. The van der Waals surface area contributed by atoms with Crippen LogP contribution in [0.2, 0.25) is 5.02 Å². The number of aliphatic hydroxyl groups is 2. The second-order valence-corrected chi connectivity index (χ2v) is 11.1. The normalized spacial score (nSPS) is 26.2. The lowest BCUT2D eigenvalue weighted by atomic mass is 9.70. The Hall–Kier alpha value is -1.65. The fourth-order valence-electron chi connectivity index (χ4n) is 5.37. The topological polar surface area (TPSA) is 94.8 Å². The van der Waals surface area contributed by atoms with Gasteiger partial charge in [-0.05, 0) is 38.2 Å². The Morgan fingerprint density at radius 1 is 1.18 bits per heavy atom. The molecule has 0 radical (unpaired) electrons. The molecule has 3 aliphatic rings. The van der Waals surface area contributed by atoms with Crippen LogP contribution in [0.4, 0.5) is 11.6 Å². The van der Waals surface area contributed by atoms with Gasteiger partial charge in [-0.15, -0.1) is 0 Å². The number of anilines is 2. The standard InChI is InChI=1S/C24H32ClN5O3S/c1-15-16(2)33-14-24(15)5-9-29(10-6-24)22-18(13-32)28-20(11-27-22)34-19-3-7-26-23(21(19)25)30-8-4-17(30)12-31/h3,7,11,15-17,31-32H,4-6,8-10,12-14H2,1-2H3/t15-,16+,17+/m1/s1. The molecule has 10 heteroatoms. The Labute approximate surface area is 209 Å². The SMILES string of the molecule is C[C@@H]1OCC2(CCN(c3ncc(Sc4ccnc(N5CC[C@H]5CO)c4Cl)nc3CO)CC2)[C@@H]1C. The van der Waals surface area contributed by atoms with Gasteiger partial charge < -0.3 is 24.7 Å². The molecule has 0 unspecified atom stereocenters. The van der Waals surface area contributed by atoms with Crippen LogP contribution >= 0.6 is 23.4 Å². The largest absolute Gasteiger partial charge is 0.394 e. The molecule has 0 aromatic carbocycles. The van der Waals surface area contributed by atoms with Gasteiger partial charge in [0.15, 0.2) is 5.82 Å². The molecule has 5 rings (SSSR count). The van der Waals surface area contributed by atoms with Crippen LogP contribution in [0.25, 0.3) is 0 Å². The first-order chi connectivity index (χ1) is 16.5. The van der Waals surface area contributed by atoms with Crippen molar-refractivity contribution in [3.63, 3.8) is 0 Å². The Bertz CT molecular complexity index is 1030. The van der Waals surface area contributed by atoms with Crippen molar-refractivity contribution in [1.29, 1.82) is 0 Å². The second-order valence-electron chi connectivity index (χ2n) is 9.66. The van der Waals surface area contributed by atoms with Gasteiger partial charge >= 0.3 is 0 Å². The van der Waals surface area contributed by atoms with Crippen molar-refractivity contribution in [3.05, 3.63) is 29.2 Å². The molecule has 0 amide bonds. The summed E-state index contributed by atoms with van der Waals surface area (Å²) in [6, 6.07) is 1.92. The maximum Gasteiger partial charge on any atom is 0.152 e. The van der Waals surface area contributed by atoms with Gasteiger partial charge in [-0.2, -0.15) is 0 Å². The maximum absolute atomic E-state index is 10.1. The van der Waals surface area contributed by atoms with Crippen LogP contribution in [0, 0.1) is 11.3 Å². The lowest BCUT2D eigenvalue weighted by molar-refractivity contribution is 0.0969. The summed E-state index contributed by atoms with van der Waals surface area (Å²) in [6.07, 6.45) is 6.84.